The second-order valence-electron chi connectivity index (χ2n) is 5.84. The minimum atomic E-state index is -0.263. The standard InChI is InChI=1S/C18H29ClFN/c1-4-7-14(8-5-2)18(21-11-6-3)12-15-9-10-16(20)13-17(15)19/h9-10,13-14,18,21H,4-8,11-12H2,1-3H3. The van der Waals surface area contributed by atoms with E-state index in [4.69, 9.17) is 11.6 Å². The highest BCUT2D eigenvalue weighted by atomic mass is 35.5. The Kier molecular flexibility index (Phi) is 8.94. The van der Waals surface area contributed by atoms with E-state index in [1.165, 1.54) is 37.8 Å². The van der Waals surface area contributed by atoms with E-state index in [0.717, 1.165) is 24.9 Å². The summed E-state index contributed by atoms with van der Waals surface area (Å²) in [4.78, 5) is 0. The van der Waals surface area contributed by atoms with Gasteiger partial charge in [-0.25, -0.2) is 4.39 Å². The molecule has 0 saturated heterocycles. The maximum absolute atomic E-state index is 13.2. The molecular weight excluding hydrogens is 285 g/mol. The van der Waals surface area contributed by atoms with E-state index in [1.54, 1.807) is 0 Å². The first-order valence-corrected chi connectivity index (χ1v) is 8.67. The van der Waals surface area contributed by atoms with Crippen LogP contribution in [0.4, 0.5) is 4.39 Å². The smallest absolute Gasteiger partial charge is 0.124 e. The molecule has 0 radical (unpaired) electrons. The summed E-state index contributed by atoms with van der Waals surface area (Å²) in [5.74, 6) is 0.396. The van der Waals surface area contributed by atoms with Gasteiger partial charge in [-0.2, -0.15) is 0 Å². The number of benzene rings is 1. The molecule has 0 fully saturated rings. The van der Waals surface area contributed by atoms with Crippen LogP contribution in [0.3, 0.4) is 0 Å². The Hall–Kier alpha value is -0.600. The predicted molar refractivity (Wildman–Crippen MR) is 90.5 cm³/mol. The van der Waals surface area contributed by atoms with E-state index in [2.05, 4.69) is 26.1 Å². The molecule has 0 bridgehead atoms. The Bertz CT molecular complexity index is 402. The maximum atomic E-state index is 13.2. The lowest BCUT2D eigenvalue weighted by atomic mass is 9.86. The Morgan fingerprint density at radius 3 is 2.29 bits per heavy atom. The van der Waals surface area contributed by atoms with E-state index in [1.807, 2.05) is 6.07 Å². The fourth-order valence-corrected chi connectivity index (χ4v) is 3.19. The zero-order chi connectivity index (χ0) is 15.7. The van der Waals surface area contributed by atoms with Crippen molar-refractivity contribution in [3.8, 4) is 0 Å². The van der Waals surface area contributed by atoms with Gasteiger partial charge in [0.2, 0.25) is 0 Å². The molecule has 0 saturated carbocycles. The van der Waals surface area contributed by atoms with Gasteiger partial charge >= 0.3 is 0 Å². The van der Waals surface area contributed by atoms with Crippen molar-refractivity contribution in [3.63, 3.8) is 0 Å². The summed E-state index contributed by atoms with van der Waals surface area (Å²) in [5.41, 5.74) is 1.05. The molecule has 0 spiro atoms. The van der Waals surface area contributed by atoms with E-state index in [-0.39, 0.29) is 5.82 Å². The normalized spacial score (nSPS) is 12.9. The summed E-state index contributed by atoms with van der Waals surface area (Å²) in [6, 6.07) is 5.18. The lowest BCUT2D eigenvalue weighted by Gasteiger charge is -2.28. The van der Waals surface area contributed by atoms with Gasteiger partial charge in [-0.3, -0.25) is 0 Å². The first-order valence-electron chi connectivity index (χ1n) is 8.29. The van der Waals surface area contributed by atoms with Gasteiger partial charge in [0.15, 0.2) is 0 Å². The third-order valence-electron chi connectivity index (χ3n) is 4.00. The summed E-state index contributed by atoms with van der Waals surface area (Å²) in [6.07, 6.45) is 6.86. The van der Waals surface area contributed by atoms with Crippen LogP contribution in [0.2, 0.25) is 5.02 Å². The summed E-state index contributed by atoms with van der Waals surface area (Å²) in [7, 11) is 0. The highest BCUT2D eigenvalue weighted by Gasteiger charge is 2.21. The van der Waals surface area contributed by atoms with Crippen molar-refractivity contribution in [2.45, 2.75) is 65.3 Å². The van der Waals surface area contributed by atoms with Gasteiger partial charge < -0.3 is 5.32 Å². The van der Waals surface area contributed by atoms with Crippen molar-refractivity contribution >= 4 is 11.6 Å². The van der Waals surface area contributed by atoms with Gasteiger partial charge in [-0.15, -0.1) is 0 Å². The summed E-state index contributed by atoms with van der Waals surface area (Å²) < 4.78 is 13.2. The SMILES string of the molecule is CCCNC(Cc1ccc(F)cc1Cl)C(CCC)CCC. The van der Waals surface area contributed by atoms with Gasteiger partial charge in [-0.1, -0.05) is 51.3 Å². The molecular formula is C18H29ClFN. The molecule has 1 atom stereocenters. The van der Waals surface area contributed by atoms with E-state index >= 15 is 0 Å². The van der Waals surface area contributed by atoms with E-state index in [9.17, 15) is 4.39 Å². The molecule has 21 heavy (non-hydrogen) atoms. The van der Waals surface area contributed by atoms with Crippen LogP contribution in [0.15, 0.2) is 18.2 Å². The predicted octanol–water partition coefficient (Wildman–Crippen LogP) is 5.61. The second-order valence-corrected chi connectivity index (χ2v) is 6.25. The molecule has 1 nitrogen and oxygen atoms in total. The molecule has 0 aliphatic heterocycles. The van der Waals surface area contributed by atoms with Crippen LogP contribution in [0, 0.1) is 11.7 Å². The summed E-state index contributed by atoms with van der Waals surface area (Å²) in [6.45, 7) is 7.69. The average Bonchev–Trinajstić information content (AvgIpc) is 2.45. The van der Waals surface area contributed by atoms with Crippen LogP contribution >= 0.6 is 11.6 Å². The van der Waals surface area contributed by atoms with Crippen molar-refractivity contribution in [3.05, 3.63) is 34.6 Å². The monoisotopic (exact) mass is 313 g/mol. The van der Waals surface area contributed by atoms with Crippen LogP contribution < -0.4 is 5.32 Å². The van der Waals surface area contributed by atoms with Crippen molar-refractivity contribution in [2.75, 3.05) is 6.54 Å². The van der Waals surface area contributed by atoms with Gasteiger partial charge in [0.05, 0.1) is 0 Å². The molecule has 1 N–H and O–H groups in total. The second kappa shape index (κ2) is 10.2. The molecule has 1 aromatic carbocycles. The highest BCUT2D eigenvalue weighted by Crippen LogP contribution is 2.25. The van der Waals surface area contributed by atoms with Crippen LogP contribution in [0.25, 0.3) is 0 Å². The number of rotatable bonds is 10. The molecule has 1 aromatic rings. The van der Waals surface area contributed by atoms with Gasteiger partial charge in [-0.05, 0) is 55.8 Å². The molecule has 120 valence electrons. The van der Waals surface area contributed by atoms with Gasteiger partial charge in [0, 0.05) is 11.1 Å². The minimum Gasteiger partial charge on any atom is -0.313 e. The summed E-state index contributed by atoms with van der Waals surface area (Å²) in [5, 5.41) is 4.22. The quantitative estimate of drug-likeness (QED) is 0.592. The molecule has 1 rings (SSSR count). The first-order chi connectivity index (χ1) is 10.1. The topological polar surface area (TPSA) is 12.0 Å². The molecule has 3 heteroatoms. The third kappa shape index (κ3) is 6.36. The van der Waals surface area contributed by atoms with Crippen molar-refractivity contribution < 1.29 is 4.39 Å². The molecule has 0 aliphatic rings. The molecule has 1 unspecified atom stereocenters. The Morgan fingerprint density at radius 1 is 1.10 bits per heavy atom. The Labute approximate surface area is 134 Å². The molecule has 0 aliphatic carbocycles. The number of hydrogen-bond acceptors (Lipinski definition) is 1. The number of hydrogen-bond donors (Lipinski definition) is 1. The van der Waals surface area contributed by atoms with Crippen LogP contribution in [-0.4, -0.2) is 12.6 Å². The Balaban J connectivity index is 2.84. The number of halogens is 2. The van der Waals surface area contributed by atoms with Gasteiger partial charge in [0.25, 0.3) is 0 Å². The van der Waals surface area contributed by atoms with E-state index in [0.29, 0.717) is 17.0 Å². The number of nitrogens with one attached hydrogen (secondary N) is 1. The molecule has 0 heterocycles. The average molecular weight is 314 g/mol. The lowest BCUT2D eigenvalue weighted by molar-refractivity contribution is 0.308. The highest BCUT2D eigenvalue weighted by molar-refractivity contribution is 6.31. The van der Waals surface area contributed by atoms with E-state index < -0.39 is 0 Å². The van der Waals surface area contributed by atoms with Crippen molar-refractivity contribution in [1.29, 1.82) is 0 Å². The fourth-order valence-electron chi connectivity index (χ4n) is 2.95. The molecule has 0 amide bonds. The summed E-state index contributed by atoms with van der Waals surface area (Å²) >= 11 is 6.20. The maximum Gasteiger partial charge on any atom is 0.124 e. The first kappa shape index (κ1) is 18.4. The van der Waals surface area contributed by atoms with Crippen LogP contribution in [0.1, 0.15) is 58.4 Å². The largest absolute Gasteiger partial charge is 0.313 e. The van der Waals surface area contributed by atoms with Gasteiger partial charge in [0.1, 0.15) is 5.82 Å². The lowest BCUT2D eigenvalue weighted by Crippen LogP contribution is -2.38. The van der Waals surface area contributed by atoms with Crippen LogP contribution in [0.5, 0.6) is 0 Å². The van der Waals surface area contributed by atoms with Crippen molar-refractivity contribution in [1.82, 2.24) is 5.32 Å². The fraction of sp³-hybridized carbons (Fsp3) is 0.667. The Morgan fingerprint density at radius 2 is 1.76 bits per heavy atom. The third-order valence-corrected chi connectivity index (χ3v) is 4.35. The zero-order valence-corrected chi connectivity index (χ0v) is 14.3. The molecule has 0 aromatic heterocycles. The minimum absolute atomic E-state index is 0.263. The zero-order valence-electron chi connectivity index (χ0n) is 13.6. The van der Waals surface area contributed by atoms with Crippen molar-refractivity contribution in [2.24, 2.45) is 5.92 Å². The van der Waals surface area contributed by atoms with Crippen LogP contribution in [-0.2, 0) is 6.42 Å².